The minimum absolute atomic E-state index is 0.198. The molecule has 0 saturated heterocycles. The van der Waals surface area contributed by atoms with Crippen molar-refractivity contribution in [2.75, 3.05) is 11.9 Å². The summed E-state index contributed by atoms with van der Waals surface area (Å²) in [6.45, 7) is 2.39. The quantitative estimate of drug-likeness (QED) is 0.833. The molecule has 1 aromatic carbocycles. The Balaban J connectivity index is 2.08. The van der Waals surface area contributed by atoms with Crippen molar-refractivity contribution in [1.29, 1.82) is 0 Å². The number of para-hydroxylation sites is 1. The van der Waals surface area contributed by atoms with Crippen molar-refractivity contribution in [2.24, 2.45) is 0 Å². The van der Waals surface area contributed by atoms with Gasteiger partial charge in [-0.15, -0.1) is 11.3 Å². The van der Waals surface area contributed by atoms with E-state index in [0.717, 1.165) is 4.88 Å². The Hall–Kier alpha value is -2.40. The fourth-order valence-electron chi connectivity index (χ4n) is 1.76. The van der Waals surface area contributed by atoms with E-state index in [4.69, 9.17) is 0 Å². The van der Waals surface area contributed by atoms with Crippen LogP contribution in [0.4, 0.5) is 5.69 Å². The Morgan fingerprint density at radius 3 is 2.71 bits per heavy atom. The summed E-state index contributed by atoms with van der Waals surface area (Å²) < 4.78 is 0. The van der Waals surface area contributed by atoms with E-state index in [1.54, 1.807) is 41.7 Å². The van der Waals surface area contributed by atoms with Gasteiger partial charge in [-0.3, -0.25) is 9.59 Å². The number of hydrogen-bond donors (Lipinski definition) is 2. The zero-order valence-electron chi connectivity index (χ0n) is 11.6. The number of thiophene rings is 1. The summed E-state index contributed by atoms with van der Waals surface area (Å²) in [4.78, 5) is 24.8. The lowest BCUT2D eigenvalue weighted by molar-refractivity contribution is -0.111. The number of rotatable bonds is 5. The smallest absolute Gasteiger partial charge is 0.253 e. The molecule has 0 saturated carbocycles. The van der Waals surface area contributed by atoms with Crippen molar-refractivity contribution >= 4 is 34.9 Å². The molecule has 0 bridgehead atoms. The Kier molecular flexibility index (Phi) is 5.29. The molecule has 0 spiro atoms. The third-order valence-corrected chi connectivity index (χ3v) is 3.55. The highest BCUT2D eigenvalue weighted by molar-refractivity contribution is 7.10. The van der Waals surface area contributed by atoms with Gasteiger partial charge in [0.05, 0.1) is 11.3 Å². The maximum absolute atomic E-state index is 11.9. The molecule has 2 rings (SSSR count). The highest BCUT2D eigenvalue weighted by Crippen LogP contribution is 2.15. The molecule has 0 aliphatic heterocycles. The van der Waals surface area contributed by atoms with Crippen LogP contribution < -0.4 is 10.6 Å². The molecule has 4 nitrogen and oxygen atoms in total. The monoisotopic (exact) mass is 300 g/mol. The average Bonchev–Trinajstić information content (AvgIpc) is 2.99. The Morgan fingerprint density at radius 1 is 1.19 bits per heavy atom. The molecule has 2 N–H and O–H groups in total. The number of nitrogens with one attached hydrogen (secondary N) is 2. The van der Waals surface area contributed by atoms with Crippen LogP contribution in [-0.4, -0.2) is 18.4 Å². The van der Waals surface area contributed by atoms with Crippen LogP contribution in [0.5, 0.6) is 0 Å². The second-order valence-corrected chi connectivity index (χ2v) is 5.22. The largest absolute Gasteiger partial charge is 0.352 e. The van der Waals surface area contributed by atoms with Gasteiger partial charge in [0.25, 0.3) is 5.91 Å². The minimum atomic E-state index is -0.264. The first-order valence-electron chi connectivity index (χ1n) is 6.60. The van der Waals surface area contributed by atoms with E-state index in [9.17, 15) is 9.59 Å². The van der Waals surface area contributed by atoms with Gasteiger partial charge >= 0.3 is 0 Å². The zero-order valence-corrected chi connectivity index (χ0v) is 12.4. The summed E-state index contributed by atoms with van der Waals surface area (Å²) in [7, 11) is 0. The topological polar surface area (TPSA) is 58.2 Å². The fourth-order valence-corrected chi connectivity index (χ4v) is 2.38. The van der Waals surface area contributed by atoms with Crippen LogP contribution >= 0.6 is 11.3 Å². The van der Waals surface area contributed by atoms with Crippen molar-refractivity contribution in [2.45, 2.75) is 6.92 Å². The molecule has 21 heavy (non-hydrogen) atoms. The molecule has 0 atom stereocenters. The molecule has 108 valence electrons. The predicted molar refractivity (Wildman–Crippen MR) is 86.4 cm³/mol. The molecule has 0 unspecified atom stereocenters. The molecular weight excluding hydrogens is 284 g/mol. The number of hydrogen-bond acceptors (Lipinski definition) is 3. The molecule has 2 amide bonds. The summed E-state index contributed by atoms with van der Waals surface area (Å²) in [5.74, 6) is -0.462. The maximum atomic E-state index is 11.9. The molecule has 0 aliphatic rings. The van der Waals surface area contributed by atoms with Crippen molar-refractivity contribution < 1.29 is 9.59 Å². The van der Waals surface area contributed by atoms with Crippen molar-refractivity contribution in [3.8, 4) is 0 Å². The summed E-state index contributed by atoms with van der Waals surface area (Å²) in [6.07, 6.45) is 3.20. The van der Waals surface area contributed by atoms with E-state index in [2.05, 4.69) is 10.6 Å². The number of carbonyl (C=O) groups is 2. The molecule has 0 radical (unpaired) electrons. The van der Waals surface area contributed by atoms with E-state index >= 15 is 0 Å². The van der Waals surface area contributed by atoms with Crippen LogP contribution in [0.3, 0.4) is 0 Å². The van der Waals surface area contributed by atoms with Crippen LogP contribution in [-0.2, 0) is 4.79 Å². The first-order valence-corrected chi connectivity index (χ1v) is 7.48. The molecule has 0 fully saturated rings. The van der Waals surface area contributed by atoms with Crippen LogP contribution in [0.15, 0.2) is 47.9 Å². The van der Waals surface area contributed by atoms with Gasteiger partial charge in [0.15, 0.2) is 0 Å². The predicted octanol–water partition coefficient (Wildman–Crippen LogP) is 3.15. The molecule has 5 heteroatoms. The van der Waals surface area contributed by atoms with E-state index in [-0.39, 0.29) is 11.8 Å². The van der Waals surface area contributed by atoms with Gasteiger partial charge in [-0.05, 0) is 36.6 Å². The SMILES string of the molecule is CCNC(=O)c1ccccc1NC(=O)C=Cc1cccs1. The summed E-state index contributed by atoms with van der Waals surface area (Å²) in [5.41, 5.74) is 0.960. The normalized spacial score (nSPS) is 10.5. The first-order chi connectivity index (χ1) is 10.2. The van der Waals surface area contributed by atoms with E-state index in [1.807, 2.05) is 24.4 Å². The molecule has 1 aromatic heterocycles. The Morgan fingerprint density at radius 2 is 2.00 bits per heavy atom. The number of anilines is 1. The van der Waals surface area contributed by atoms with Gasteiger partial charge in [0, 0.05) is 17.5 Å². The van der Waals surface area contributed by atoms with Gasteiger partial charge in [-0.25, -0.2) is 0 Å². The number of carbonyl (C=O) groups excluding carboxylic acids is 2. The Labute approximate surface area is 127 Å². The van der Waals surface area contributed by atoms with Crippen LogP contribution in [0, 0.1) is 0 Å². The summed E-state index contributed by atoms with van der Waals surface area (Å²) >= 11 is 1.55. The van der Waals surface area contributed by atoms with Crippen LogP contribution in [0.2, 0.25) is 0 Å². The number of benzene rings is 1. The second-order valence-electron chi connectivity index (χ2n) is 4.24. The van der Waals surface area contributed by atoms with Gasteiger partial charge in [0.2, 0.25) is 5.91 Å². The Bertz CT molecular complexity index is 648. The van der Waals surface area contributed by atoms with E-state index in [0.29, 0.717) is 17.8 Å². The lowest BCUT2D eigenvalue weighted by atomic mass is 10.1. The molecule has 1 heterocycles. The van der Waals surface area contributed by atoms with Crippen molar-refractivity contribution in [1.82, 2.24) is 5.32 Å². The van der Waals surface area contributed by atoms with E-state index < -0.39 is 0 Å². The molecule has 2 aromatic rings. The summed E-state index contributed by atoms with van der Waals surface area (Å²) in [5, 5.41) is 7.40. The van der Waals surface area contributed by atoms with Crippen molar-refractivity contribution in [3.05, 3.63) is 58.3 Å². The van der Waals surface area contributed by atoms with E-state index in [1.165, 1.54) is 6.08 Å². The van der Waals surface area contributed by atoms with Crippen LogP contribution in [0.1, 0.15) is 22.2 Å². The maximum Gasteiger partial charge on any atom is 0.253 e. The van der Waals surface area contributed by atoms with Gasteiger partial charge < -0.3 is 10.6 Å². The van der Waals surface area contributed by atoms with Gasteiger partial charge in [-0.1, -0.05) is 18.2 Å². The second kappa shape index (κ2) is 7.40. The third kappa shape index (κ3) is 4.29. The first kappa shape index (κ1) is 15.0. The number of amides is 2. The highest BCUT2D eigenvalue weighted by atomic mass is 32.1. The standard InChI is InChI=1S/C16H16N2O2S/c1-2-17-16(20)13-7-3-4-8-14(13)18-15(19)10-9-12-6-5-11-21-12/h3-11H,2H2,1H3,(H,17,20)(H,18,19). The van der Waals surface area contributed by atoms with Gasteiger partial charge in [0.1, 0.15) is 0 Å². The highest BCUT2D eigenvalue weighted by Gasteiger charge is 2.10. The third-order valence-electron chi connectivity index (χ3n) is 2.71. The minimum Gasteiger partial charge on any atom is -0.352 e. The van der Waals surface area contributed by atoms with Gasteiger partial charge in [-0.2, -0.15) is 0 Å². The van der Waals surface area contributed by atoms with Crippen LogP contribution in [0.25, 0.3) is 6.08 Å². The zero-order chi connectivity index (χ0) is 15.1. The lowest BCUT2D eigenvalue weighted by Crippen LogP contribution is -2.24. The fraction of sp³-hybridized carbons (Fsp3) is 0.125. The molecule has 0 aliphatic carbocycles. The lowest BCUT2D eigenvalue weighted by Gasteiger charge is -2.09. The average molecular weight is 300 g/mol. The summed E-state index contributed by atoms with van der Waals surface area (Å²) in [6, 6.07) is 10.8. The van der Waals surface area contributed by atoms with Crippen molar-refractivity contribution in [3.63, 3.8) is 0 Å². The molecular formula is C16H16N2O2S.